The fourth-order valence-corrected chi connectivity index (χ4v) is 3.05. The summed E-state index contributed by atoms with van der Waals surface area (Å²) in [5.74, 6) is 1.11. The number of ketones is 2. The normalized spacial score (nSPS) is 45.1. The van der Waals surface area contributed by atoms with Gasteiger partial charge in [-0.15, -0.1) is 0 Å². The van der Waals surface area contributed by atoms with E-state index in [0.29, 0.717) is 24.4 Å². The highest BCUT2D eigenvalue weighted by Crippen LogP contribution is 2.51. The molecule has 2 aliphatic rings. The molecule has 0 N–H and O–H groups in total. The molecular weight excluding hydrogens is 164 g/mol. The van der Waals surface area contributed by atoms with Crippen LogP contribution < -0.4 is 0 Å². The zero-order chi connectivity index (χ0) is 9.64. The molecule has 1 unspecified atom stereocenters. The van der Waals surface area contributed by atoms with Crippen LogP contribution in [0.5, 0.6) is 0 Å². The standard InChI is InChI=1S/C11H16O2/c1-7-3-11(5-9(7)12)4-8(2)10(13)6-11/h7-8H,3-6H2,1-2H3/t7-,8+,11?. The van der Waals surface area contributed by atoms with Gasteiger partial charge in [0, 0.05) is 24.7 Å². The van der Waals surface area contributed by atoms with Crippen LogP contribution in [0.1, 0.15) is 39.5 Å². The lowest BCUT2D eigenvalue weighted by molar-refractivity contribution is -0.120. The molecule has 0 amide bonds. The van der Waals surface area contributed by atoms with E-state index in [9.17, 15) is 9.59 Å². The van der Waals surface area contributed by atoms with Crippen molar-refractivity contribution < 1.29 is 9.59 Å². The van der Waals surface area contributed by atoms with Crippen molar-refractivity contribution in [3.8, 4) is 0 Å². The van der Waals surface area contributed by atoms with Crippen LogP contribution in [0.2, 0.25) is 0 Å². The number of rotatable bonds is 0. The Bertz CT molecular complexity index is 239. The van der Waals surface area contributed by atoms with Crippen LogP contribution in [-0.2, 0) is 9.59 Å². The van der Waals surface area contributed by atoms with Gasteiger partial charge in [0.15, 0.2) is 0 Å². The Balaban J connectivity index is 2.17. The van der Waals surface area contributed by atoms with Gasteiger partial charge in [0.2, 0.25) is 0 Å². The lowest BCUT2D eigenvalue weighted by atomic mass is 9.83. The molecular formula is C11H16O2. The van der Waals surface area contributed by atoms with Crippen LogP contribution in [0, 0.1) is 17.3 Å². The minimum Gasteiger partial charge on any atom is -0.299 e. The Morgan fingerprint density at radius 3 is 1.62 bits per heavy atom. The second-order valence-electron chi connectivity index (χ2n) is 5.00. The van der Waals surface area contributed by atoms with Gasteiger partial charge in [-0.2, -0.15) is 0 Å². The molecule has 0 aromatic heterocycles. The van der Waals surface area contributed by atoms with Crippen molar-refractivity contribution >= 4 is 11.6 Å². The molecule has 0 radical (unpaired) electrons. The minimum absolute atomic E-state index is 0.0764. The molecule has 2 aliphatic carbocycles. The van der Waals surface area contributed by atoms with Crippen molar-refractivity contribution in [1.82, 2.24) is 0 Å². The number of hydrogen-bond acceptors (Lipinski definition) is 2. The Morgan fingerprint density at radius 2 is 1.38 bits per heavy atom. The van der Waals surface area contributed by atoms with E-state index in [1.165, 1.54) is 0 Å². The topological polar surface area (TPSA) is 34.1 Å². The third kappa shape index (κ3) is 1.32. The molecule has 0 aliphatic heterocycles. The summed E-state index contributed by atoms with van der Waals surface area (Å²) in [6.07, 6.45) is 3.21. The molecule has 2 rings (SSSR count). The highest BCUT2D eigenvalue weighted by Gasteiger charge is 2.49. The van der Waals surface area contributed by atoms with E-state index in [1.807, 2.05) is 13.8 Å². The van der Waals surface area contributed by atoms with Gasteiger partial charge in [0.1, 0.15) is 11.6 Å². The van der Waals surface area contributed by atoms with Crippen molar-refractivity contribution in [2.75, 3.05) is 0 Å². The molecule has 2 nitrogen and oxygen atoms in total. The largest absolute Gasteiger partial charge is 0.299 e. The molecule has 2 fully saturated rings. The van der Waals surface area contributed by atoms with Crippen molar-refractivity contribution in [1.29, 1.82) is 0 Å². The quantitative estimate of drug-likeness (QED) is 0.571. The van der Waals surface area contributed by atoms with E-state index in [2.05, 4.69) is 0 Å². The first-order chi connectivity index (χ1) is 6.02. The monoisotopic (exact) mass is 180 g/mol. The summed E-state index contributed by atoms with van der Waals surface area (Å²) >= 11 is 0. The number of Topliss-reactive ketones (excluding diaryl/α,β-unsaturated/α-hetero) is 2. The van der Waals surface area contributed by atoms with Crippen molar-refractivity contribution in [3.63, 3.8) is 0 Å². The van der Waals surface area contributed by atoms with Gasteiger partial charge in [-0.3, -0.25) is 9.59 Å². The molecule has 0 aromatic rings. The number of hydrogen-bond donors (Lipinski definition) is 0. The minimum atomic E-state index is 0.0764. The molecule has 0 bridgehead atoms. The van der Waals surface area contributed by atoms with Crippen LogP contribution in [0.4, 0.5) is 0 Å². The second kappa shape index (κ2) is 2.66. The van der Waals surface area contributed by atoms with Crippen LogP contribution in [0.15, 0.2) is 0 Å². The van der Waals surface area contributed by atoms with Gasteiger partial charge < -0.3 is 0 Å². The molecule has 0 saturated heterocycles. The summed E-state index contributed by atoms with van der Waals surface area (Å²) < 4.78 is 0. The van der Waals surface area contributed by atoms with Gasteiger partial charge in [-0.25, -0.2) is 0 Å². The summed E-state index contributed by atoms with van der Waals surface area (Å²) in [4.78, 5) is 22.9. The van der Waals surface area contributed by atoms with E-state index in [0.717, 1.165) is 12.8 Å². The maximum atomic E-state index is 11.4. The lowest BCUT2D eigenvalue weighted by Crippen LogP contribution is -2.12. The van der Waals surface area contributed by atoms with Gasteiger partial charge in [-0.1, -0.05) is 13.8 Å². The average molecular weight is 180 g/mol. The number of carbonyl (C=O) groups excluding carboxylic acids is 2. The fraction of sp³-hybridized carbons (Fsp3) is 0.818. The molecule has 13 heavy (non-hydrogen) atoms. The molecule has 2 heteroatoms. The van der Waals surface area contributed by atoms with E-state index >= 15 is 0 Å². The van der Waals surface area contributed by atoms with Crippen molar-refractivity contribution in [2.45, 2.75) is 39.5 Å². The average Bonchev–Trinajstić information content (AvgIpc) is 2.39. The van der Waals surface area contributed by atoms with Crippen LogP contribution in [-0.4, -0.2) is 11.6 Å². The maximum absolute atomic E-state index is 11.4. The zero-order valence-electron chi connectivity index (χ0n) is 8.30. The maximum Gasteiger partial charge on any atom is 0.136 e. The summed E-state index contributed by atoms with van der Waals surface area (Å²) in [5.41, 5.74) is 0.0764. The van der Waals surface area contributed by atoms with Crippen LogP contribution in [0.25, 0.3) is 0 Å². The summed E-state index contributed by atoms with van der Waals surface area (Å²) in [7, 11) is 0. The fourth-order valence-electron chi connectivity index (χ4n) is 3.05. The molecule has 72 valence electrons. The highest BCUT2D eigenvalue weighted by atomic mass is 16.1. The van der Waals surface area contributed by atoms with Gasteiger partial charge in [-0.05, 0) is 18.3 Å². The third-order valence-electron chi connectivity index (χ3n) is 3.68. The Morgan fingerprint density at radius 1 is 1.00 bits per heavy atom. The highest BCUT2D eigenvalue weighted by molar-refractivity contribution is 5.89. The second-order valence-corrected chi connectivity index (χ2v) is 5.00. The first kappa shape index (κ1) is 8.92. The summed E-state index contributed by atoms with van der Waals surface area (Å²) in [5, 5.41) is 0. The van der Waals surface area contributed by atoms with E-state index < -0.39 is 0 Å². The first-order valence-electron chi connectivity index (χ1n) is 5.08. The van der Waals surface area contributed by atoms with Gasteiger partial charge >= 0.3 is 0 Å². The molecule has 3 atom stereocenters. The molecule has 1 spiro atoms. The van der Waals surface area contributed by atoms with Crippen molar-refractivity contribution in [2.24, 2.45) is 17.3 Å². The third-order valence-corrected chi connectivity index (χ3v) is 3.68. The lowest BCUT2D eigenvalue weighted by Gasteiger charge is -2.20. The Labute approximate surface area is 78.7 Å². The van der Waals surface area contributed by atoms with E-state index in [4.69, 9.17) is 0 Å². The van der Waals surface area contributed by atoms with E-state index in [1.54, 1.807) is 0 Å². The Hall–Kier alpha value is -0.660. The summed E-state index contributed by atoms with van der Waals surface area (Å²) in [6, 6.07) is 0. The van der Waals surface area contributed by atoms with E-state index in [-0.39, 0.29) is 17.3 Å². The smallest absolute Gasteiger partial charge is 0.136 e. The van der Waals surface area contributed by atoms with Crippen LogP contribution in [0.3, 0.4) is 0 Å². The summed E-state index contributed by atoms with van der Waals surface area (Å²) in [6.45, 7) is 3.98. The first-order valence-corrected chi connectivity index (χ1v) is 5.08. The molecule has 2 saturated carbocycles. The number of carbonyl (C=O) groups is 2. The van der Waals surface area contributed by atoms with Gasteiger partial charge in [0.05, 0.1) is 0 Å². The molecule has 0 heterocycles. The Kier molecular flexibility index (Phi) is 1.83. The SMILES string of the molecule is C[C@@H]1CC2(CC1=O)CC(=O)[C@@H](C)C2. The predicted octanol–water partition coefficient (Wildman–Crippen LogP) is 1.97. The van der Waals surface area contributed by atoms with Crippen LogP contribution >= 0.6 is 0 Å². The molecule has 0 aromatic carbocycles. The zero-order valence-corrected chi connectivity index (χ0v) is 8.30. The van der Waals surface area contributed by atoms with Crippen molar-refractivity contribution in [3.05, 3.63) is 0 Å². The predicted molar refractivity (Wildman–Crippen MR) is 49.2 cm³/mol. The van der Waals surface area contributed by atoms with Gasteiger partial charge in [0.25, 0.3) is 0 Å².